The Bertz CT molecular complexity index is 595. The fourth-order valence-corrected chi connectivity index (χ4v) is 1.56. The molecule has 0 aliphatic heterocycles. The van der Waals surface area contributed by atoms with Gasteiger partial charge in [0.15, 0.2) is 0 Å². The topological polar surface area (TPSA) is 83.4 Å². The van der Waals surface area contributed by atoms with E-state index in [0.717, 1.165) is 16.2 Å². The monoisotopic (exact) mass is 293 g/mol. The summed E-state index contributed by atoms with van der Waals surface area (Å²) in [5, 5.41) is 14.8. The molecule has 86 valence electrons. The number of hydrogen-bond donors (Lipinski definition) is 1. The number of rotatable bonds is 3. The molecule has 2 rings (SSSR count). The van der Waals surface area contributed by atoms with Gasteiger partial charge in [-0.3, -0.25) is 9.78 Å². The summed E-state index contributed by atoms with van der Waals surface area (Å²) >= 11 is 3.41. The zero-order valence-electron chi connectivity index (χ0n) is 8.67. The minimum absolute atomic E-state index is 0.101. The first-order valence-electron chi connectivity index (χ1n) is 4.78. The van der Waals surface area contributed by atoms with Crippen LogP contribution < -0.4 is 5.56 Å². The normalized spacial score (nSPS) is 10.9. The van der Waals surface area contributed by atoms with Gasteiger partial charge in [0, 0.05) is 4.47 Å². The lowest BCUT2D eigenvalue weighted by Gasteiger charge is -1.97. The molecule has 0 fully saturated rings. The second kappa shape index (κ2) is 5.44. The average molecular weight is 294 g/mol. The van der Waals surface area contributed by atoms with E-state index in [-0.39, 0.29) is 11.5 Å². The van der Waals surface area contributed by atoms with Crippen molar-refractivity contribution >= 4 is 21.9 Å². The fraction of sp³-hybridized carbons (Fsp3) is 0.100. The minimum atomic E-state index is -0.352. The summed E-state index contributed by atoms with van der Waals surface area (Å²) in [6.45, 7) is 0.403. The van der Waals surface area contributed by atoms with Crippen molar-refractivity contribution in [3.05, 3.63) is 50.9 Å². The van der Waals surface area contributed by atoms with E-state index in [1.54, 1.807) is 0 Å². The highest BCUT2D eigenvalue weighted by atomic mass is 79.9. The zero-order chi connectivity index (χ0) is 12.1. The van der Waals surface area contributed by atoms with Crippen LogP contribution in [0.3, 0.4) is 0 Å². The molecular weight excluding hydrogens is 286 g/mol. The van der Waals surface area contributed by atoms with E-state index in [1.807, 2.05) is 24.3 Å². The first-order valence-corrected chi connectivity index (χ1v) is 5.58. The van der Waals surface area contributed by atoms with Gasteiger partial charge in [0.2, 0.25) is 0 Å². The Morgan fingerprint density at radius 1 is 1.35 bits per heavy atom. The molecule has 0 saturated carbocycles. The molecule has 0 aliphatic rings. The van der Waals surface area contributed by atoms with Crippen LogP contribution in [-0.2, 0) is 6.54 Å². The highest BCUT2D eigenvalue weighted by Crippen LogP contribution is 2.16. The molecule has 2 aromatic rings. The Kier molecular flexibility index (Phi) is 3.71. The second-order valence-corrected chi connectivity index (χ2v) is 4.00. The fourth-order valence-electron chi connectivity index (χ4n) is 1.15. The van der Waals surface area contributed by atoms with Crippen molar-refractivity contribution in [2.45, 2.75) is 6.54 Å². The van der Waals surface area contributed by atoms with Crippen molar-refractivity contribution in [3.63, 3.8) is 0 Å². The average Bonchev–Trinajstić information content (AvgIpc) is 2.32. The number of H-pyrrole nitrogens is 1. The zero-order valence-corrected chi connectivity index (χ0v) is 10.3. The van der Waals surface area contributed by atoms with Gasteiger partial charge in [-0.05, 0) is 11.6 Å². The second-order valence-electron chi connectivity index (χ2n) is 3.15. The van der Waals surface area contributed by atoms with E-state index in [2.05, 4.69) is 41.3 Å². The van der Waals surface area contributed by atoms with Gasteiger partial charge in [0.25, 0.3) is 11.5 Å². The van der Waals surface area contributed by atoms with Gasteiger partial charge in [-0.25, -0.2) is 0 Å². The van der Waals surface area contributed by atoms with Gasteiger partial charge in [-0.15, -0.1) is 15.3 Å². The van der Waals surface area contributed by atoms with Gasteiger partial charge in [-0.1, -0.05) is 34.1 Å². The predicted octanol–water partition coefficient (Wildman–Crippen LogP) is 2.21. The lowest BCUT2D eigenvalue weighted by molar-refractivity contribution is 0.873. The third kappa shape index (κ3) is 3.28. The highest BCUT2D eigenvalue weighted by Gasteiger charge is 1.97. The first-order chi connectivity index (χ1) is 8.25. The number of aromatic amines is 1. The molecule has 0 aliphatic carbocycles. The van der Waals surface area contributed by atoms with Gasteiger partial charge in [0.1, 0.15) is 6.20 Å². The number of nitrogens with one attached hydrogen (secondary N) is 1. The van der Waals surface area contributed by atoms with Crippen molar-refractivity contribution in [1.82, 2.24) is 15.2 Å². The summed E-state index contributed by atoms with van der Waals surface area (Å²) in [6, 6.07) is 7.70. The minimum Gasteiger partial charge on any atom is -0.287 e. The third-order valence-electron chi connectivity index (χ3n) is 1.93. The predicted molar refractivity (Wildman–Crippen MR) is 65.0 cm³/mol. The summed E-state index contributed by atoms with van der Waals surface area (Å²) in [4.78, 5) is 13.3. The Balaban J connectivity index is 2.08. The van der Waals surface area contributed by atoms with E-state index in [4.69, 9.17) is 0 Å². The van der Waals surface area contributed by atoms with Crippen LogP contribution in [0.5, 0.6) is 0 Å². The van der Waals surface area contributed by atoms with E-state index in [0.29, 0.717) is 6.54 Å². The Hall–Kier alpha value is -1.89. The van der Waals surface area contributed by atoms with Crippen molar-refractivity contribution < 1.29 is 0 Å². The summed E-state index contributed by atoms with van der Waals surface area (Å²) in [5.74, 6) is 0.101. The molecule has 0 bridgehead atoms. The number of benzene rings is 1. The first kappa shape index (κ1) is 11.6. The van der Waals surface area contributed by atoms with Crippen LogP contribution in [-0.4, -0.2) is 15.2 Å². The van der Waals surface area contributed by atoms with Gasteiger partial charge in [-0.2, -0.15) is 5.11 Å². The van der Waals surface area contributed by atoms with Gasteiger partial charge < -0.3 is 0 Å². The van der Waals surface area contributed by atoms with Crippen LogP contribution in [0, 0.1) is 0 Å². The SMILES string of the molecule is O=c1cnnc(N=NCc2ccccc2Br)[nH]1. The Morgan fingerprint density at radius 2 is 2.18 bits per heavy atom. The summed E-state index contributed by atoms with van der Waals surface area (Å²) in [5.41, 5.74) is 0.650. The lowest BCUT2D eigenvalue weighted by Crippen LogP contribution is -2.05. The molecule has 0 saturated heterocycles. The van der Waals surface area contributed by atoms with Crippen LogP contribution in [0.25, 0.3) is 0 Å². The molecule has 1 heterocycles. The van der Waals surface area contributed by atoms with E-state index < -0.39 is 0 Å². The number of aromatic nitrogens is 3. The van der Waals surface area contributed by atoms with Crippen LogP contribution >= 0.6 is 15.9 Å². The van der Waals surface area contributed by atoms with Crippen molar-refractivity contribution in [3.8, 4) is 0 Å². The molecule has 1 aromatic carbocycles. The maximum Gasteiger partial charge on any atom is 0.271 e. The standard InChI is InChI=1S/C10H8BrN5O/c11-8-4-2-1-3-7(8)5-12-15-10-14-9(17)6-13-16-10/h1-4,6H,5H2,(H,14,16,17). The Labute approximate surface area is 105 Å². The van der Waals surface area contributed by atoms with Crippen molar-refractivity contribution in [1.29, 1.82) is 0 Å². The smallest absolute Gasteiger partial charge is 0.271 e. The summed E-state index contributed by atoms with van der Waals surface area (Å²) in [6.07, 6.45) is 1.08. The van der Waals surface area contributed by atoms with Crippen LogP contribution in [0.1, 0.15) is 5.56 Å². The quantitative estimate of drug-likeness (QED) is 0.881. The van der Waals surface area contributed by atoms with Crippen LogP contribution in [0.4, 0.5) is 5.95 Å². The number of nitrogens with zero attached hydrogens (tertiary/aromatic N) is 4. The molecule has 7 heteroatoms. The maximum atomic E-state index is 10.9. The molecule has 0 spiro atoms. The summed E-state index contributed by atoms with van der Waals surface area (Å²) in [7, 11) is 0. The van der Waals surface area contributed by atoms with E-state index in [9.17, 15) is 4.79 Å². The number of halogens is 1. The molecule has 6 nitrogen and oxygen atoms in total. The number of azo groups is 1. The molecular formula is C10H8BrN5O. The molecule has 17 heavy (non-hydrogen) atoms. The molecule has 0 radical (unpaired) electrons. The number of hydrogen-bond acceptors (Lipinski definition) is 5. The largest absolute Gasteiger partial charge is 0.287 e. The van der Waals surface area contributed by atoms with Gasteiger partial charge in [0.05, 0.1) is 6.54 Å². The maximum absolute atomic E-state index is 10.9. The van der Waals surface area contributed by atoms with Crippen LogP contribution in [0.2, 0.25) is 0 Å². The van der Waals surface area contributed by atoms with Crippen LogP contribution in [0.15, 0.2) is 50.0 Å². The third-order valence-corrected chi connectivity index (χ3v) is 2.70. The van der Waals surface area contributed by atoms with E-state index in [1.165, 1.54) is 0 Å². The molecule has 1 N–H and O–H groups in total. The molecule has 1 aromatic heterocycles. The molecule has 0 amide bonds. The summed E-state index contributed by atoms with van der Waals surface area (Å²) < 4.78 is 0.964. The van der Waals surface area contributed by atoms with E-state index >= 15 is 0 Å². The highest BCUT2D eigenvalue weighted by molar-refractivity contribution is 9.10. The van der Waals surface area contributed by atoms with Crippen molar-refractivity contribution in [2.75, 3.05) is 0 Å². The molecule has 0 atom stereocenters. The van der Waals surface area contributed by atoms with Crippen molar-refractivity contribution in [2.24, 2.45) is 10.2 Å². The molecule has 0 unspecified atom stereocenters. The van der Waals surface area contributed by atoms with Gasteiger partial charge >= 0.3 is 0 Å². The lowest BCUT2D eigenvalue weighted by atomic mass is 10.2. The Morgan fingerprint density at radius 3 is 2.94 bits per heavy atom.